The first-order chi connectivity index (χ1) is 9.13. The highest BCUT2D eigenvalue weighted by atomic mass is 16.6. The van der Waals surface area contributed by atoms with E-state index in [0.29, 0.717) is 18.6 Å². The van der Waals surface area contributed by atoms with Crippen molar-refractivity contribution in [2.75, 3.05) is 20.3 Å². The number of carbonyl (C=O) groups is 1. The molecular weight excluding hydrogens is 250 g/mol. The zero-order valence-corrected chi connectivity index (χ0v) is 10.6. The summed E-state index contributed by atoms with van der Waals surface area (Å²) in [7, 11) is 1.57. The molecule has 0 spiro atoms. The van der Waals surface area contributed by atoms with Crippen LogP contribution in [0.1, 0.15) is 12.0 Å². The normalized spacial score (nSPS) is 10.6. The Bertz CT molecular complexity index is 470. The Morgan fingerprint density at radius 1 is 1.42 bits per heavy atom. The standard InChI is InChI=1S/C13H15NO5/c1-18-8-3-9-19-13(15)7-6-11-4-2-5-12(10-11)14(16)17/h2,4-7,10H,3,8-9H2,1H3. The van der Waals surface area contributed by atoms with E-state index in [1.54, 1.807) is 19.2 Å². The third-order valence-electron chi connectivity index (χ3n) is 2.23. The number of nitro groups is 1. The number of hydrogen-bond donors (Lipinski definition) is 0. The SMILES string of the molecule is COCCCOC(=O)C=Cc1cccc([N+](=O)[O-])c1. The van der Waals surface area contributed by atoms with Crippen molar-refractivity contribution in [1.29, 1.82) is 0 Å². The number of rotatable bonds is 7. The van der Waals surface area contributed by atoms with Gasteiger partial charge in [-0.1, -0.05) is 12.1 Å². The molecule has 1 rings (SSSR count). The van der Waals surface area contributed by atoms with Gasteiger partial charge in [0, 0.05) is 38.3 Å². The third kappa shape index (κ3) is 5.78. The summed E-state index contributed by atoms with van der Waals surface area (Å²) in [6, 6.07) is 6.00. The van der Waals surface area contributed by atoms with Gasteiger partial charge in [-0.3, -0.25) is 10.1 Å². The summed E-state index contributed by atoms with van der Waals surface area (Å²) in [5.41, 5.74) is 0.554. The van der Waals surface area contributed by atoms with Crippen molar-refractivity contribution >= 4 is 17.7 Å². The maximum atomic E-state index is 11.3. The second-order valence-electron chi connectivity index (χ2n) is 3.70. The summed E-state index contributed by atoms with van der Waals surface area (Å²) in [5, 5.41) is 10.6. The summed E-state index contributed by atoms with van der Waals surface area (Å²) in [6.07, 6.45) is 3.35. The molecule has 1 aromatic rings. The minimum absolute atomic E-state index is 0.0180. The van der Waals surface area contributed by atoms with Crippen molar-refractivity contribution in [1.82, 2.24) is 0 Å². The maximum Gasteiger partial charge on any atom is 0.330 e. The predicted octanol–water partition coefficient (Wildman–Crippen LogP) is 2.19. The van der Waals surface area contributed by atoms with E-state index in [9.17, 15) is 14.9 Å². The van der Waals surface area contributed by atoms with E-state index in [2.05, 4.69) is 0 Å². The van der Waals surface area contributed by atoms with Gasteiger partial charge in [0.25, 0.3) is 5.69 Å². The first kappa shape index (κ1) is 14.8. The highest BCUT2D eigenvalue weighted by molar-refractivity contribution is 5.87. The van der Waals surface area contributed by atoms with Crippen LogP contribution in [0, 0.1) is 10.1 Å². The van der Waals surface area contributed by atoms with E-state index in [1.165, 1.54) is 24.3 Å². The monoisotopic (exact) mass is 265 g/mol. The van der Waals surface area contributed by atoms with Gasteiger partial charge in [-0.25, -0.2) is 4.79 Å². The van der Waals surface area contributed by atoms with Gasteiger partial charge in [-0.15, -0.1) is 0 Å². The molecule has 6 heteroatoms. The topological polar surface area (TPSA) is 78.7 Å². The predicted molar refractivity (Wildman–Crippen MR) is 69.6 cm³/mol. The van der Waals surface area contributed by atoms with Crippen LogP contribution < -0.4 is 0 Å². The van der Waals surface area contributed by atoms with E-state index >= 15 is 0 Å². The van der Waals surface area contributed by atoms with Gasteiger partial charge < -0.3 is 9.47 Å². The number of nitrogens with zero attached hydrogens (tertiary/aromatic N) is 1. The molecule has 0 radical (unpaired) electrons. The van der Waals surface area contributed by atoms with Crippen molar-refractivity contribution < 1.29 is 19.2 Å². The number of carbonyl (C=O) groups excluding carboxylic acids is 1. The molecule has 0 saturated carbocycles. The van der Waals surface area contributed by atoms with Crippen molar-refractivity contribution in [3.05, 3.63) is 46.0 Å². The lowest BCUT2D eigenvalue weighted by Crippen LogP contribution is -2.04. The van der Waals surface area contributed by atoms with Crippen LogP contribution in [0.2, 0.25) is 0 Å². The van der Waals surface area contributed by atoms with Crippen LogP contribution in [0.4, 0.5) is 5.69 Å². The summed E-state index contributed by atoms with van der Waals surface area (Å²) >= 11 is 0. The molecular formula is C13H15NO5. The molecule has 0 saturated heterocycles. The minimum atomic E-state index is -0.486. The zero-order chi connectivity index (χ0) is 14.1. The second-order valence-corrected chi connectivity index (χ2v) is 3.70. The molecule has 0 unspecified atom stereocenters. The van der Waals surface area contributed by atoms with E-state index in [1.807, 2.05) is 0 Å². The second kappa shape index (κ2) is 7.99. The van der Waals surface area contributed by atoms with Crippen molar-refractivity contribution in [2.24, 2.45) is 0 Å². The lowest BCUT2D eigenvalue weighted by molar-refractivity contribution is -0.384. The highest BCUT2D eigenvalue weighted by Crippen LogP contribution is 2.14. The zero-order valence-electron chi connectivity index (χ0n) is 10.6. The smallest absolute Gasteiger partial charge is 0.330 e. The van der Waals surface area contributed by atoms with E-state index < -0.39 is 10.9 Å². The number of ether oxygens (including phenoxy) is 2. The van der Waals surface area contributed by atoms with Gasteiger partial charge >= 0.3 is 5.97 Å². The van der Waals surface area contributed by atoms with Crippen LogP contribution in [-0.4, -0.2) is 31.2 Å². The van der Waals surface area contributed by atoms with Gasteiger partial charge in [0.15, 0.2) is 0 Å². The molecule has 0 heterocycles. The number of esters is 1. The largest absolute Gasteiger partial charge is 0.462 e. The van der Waals surface area contributed by atoms with Gasteiger partial charge in [-0.2, -0.15) is 0 Å². The van der Waals surface area contributed by atoms with Crippen molar-refractivity contribution in [3.8, 4) is 0 Å². The fourth-order valence-corrected chi connectivity index (χ4v) is 1.33. The fraction of sp³-hybridized carbons (Fsp3) is 0.308. The first-order valence-electron chi connectivity index (χ1n) is 5.71. The van der Waals surface area contributed by atoms with Gasteiger partial charge in [0.05, 0.1) is 11.5 Å². The average molecular weight is 265 g/mol. The van der Waals surface area contributed by atoms with Crippen LogP contribution in [0.15, 0.2) is 30.3 Å². The van der Waals surface area contributed by atoms with E-state index in [0.717, 1.165) is 0 Å². The fourth-order valence-electron chi connectivity index (χ4n) is 1.33. The molecule has 0 aliphatic rings. The lowest BCUT2D eigenvalue weighted by Gasteiger charge is -2.00. The van der Waals surface area contributed by atoms with Gasteiger partial charge in [-0.05, 0) is 11.6 Å². The summed E-state index contributed by atoms with van der Waals surface area (Å²) in [6.45, 7) is 0.813. The van der Waals surface area contributed by atoms with Gasteiger partial charge in [0.1, 0.15) is 0 Å². The molecule has 0 aliphatic carbocycles. The minimum Gasteiger partial charge on any atom is -0.462 e. The van der Waals surface area contributed by atoms with E-state index in [4.69, 9.17) is 9.47 Å². The molecule has 0 fully saturated rings. The Morgan fingerprint density at radius 3 is 2.89 bits per heavy atom. The van der Waals surface area contributed by atoms with E-state index in [-0.39, 0.29) is 12.3 Å². The average Bonchev–Trinajstić information content (AvgIpc) is 2.41. The Labute approximate surface area is 110 Å². The molecule has 0 atom stereocenters. The summed E-state index contributed by atoms with van der Waals surface area (Å²) in [4.78, 5) is 21.4. The Morgan fingerprint density at radius 2 is 2.21 bits per heavy atom. The number of non-ortho nitro benzene ring substituents is 1. The molecule has 0 aromatic heterocycles. The maximum absolute atomic E-state index is 11.3. The number of nitro benzene ring substituents is 1. The first-order valence-corrected chi connectivity index (χ1v) is 5.71. The molecule has 0 aliphatic heterocycles. The van der Waals surface area contributed by atoms with Crippen LogP contribution >= 0.6 is 0 Å². The molecule has 0 N–H and O–H groups in total. The molecule has 0 amide bonds. The summed E-state index contributed by atoms with van der Waals surface area (Å²) in [5.74, 6) is -0.484. The molecule has 102 valence electrons. The quantitative estimate of drug-likeness (QED) is 0.248. The van der Waals surface area contributed by atoms with Crippen molar-refractivity contribution in [3.63, 3.8) is 0 Å². The molecule has 0 bridgehead atoms. The number of hydrogen-bond acceptors (Lipinski definition) is 5. The number of methoxy groups -OCH3 is 1. The molecule has 6 nitrogen and oxygen atoms in total. The molecule has 1 aromatic carbocycles. The van der Waals surface area contributed by atoms with Crippen LogP contribution in [0.3, 0.4) is 0 Å². The number of benzene rings is 1. The summed E-state index contributed by atoms with van der Waals surface area (Å²) < 4.78 is 9.72. The Kier molecular flexibility index (Phi) is 6.25. The van der Waals surface area contributed by atoms with Crippen LogP contribution in [0.25, 0.3) is 6.08 Å². The van der Waals surface area contributed by atoms with Crippen LogP contribution in [-0.2, 0) is 14.3 Å². The Balaban J connectivity index is 2.49. The molecule has 19 heavy (non-hydrogen) atoms. The third-order valence-corrected chi connectivity index (χ3v) is 2.23. The van der Waals surface area contributed by atoms with Crippen LogP contribution in [0.5, 0.6) is 0 Å². The Hall–Kier alpha value is -2.21. The lowest BCUT2D eigenvalue weighted by atomic mass is 10.2. The highest BCUT2D eigenvalue weighted by Gasteiger charge is 2.04. The van der Waals surface area contributed by atoms with Gasteiger partial charge in [0.2, 0.25) is 0 Å². The van der Waals surface area contributed by atoms with Crippen molar-refractivity contribution in [2.45, 2.75) is 6.42 Å².